The van der Waals surface area contributed by atoms with Gasteiger partial charge in [-0.1, -0.05) is 114 Å². The second-order valence-electron chi connectivity index (χ2n) is 10.8. The van der Waals surface area contributed by atoms with E-state index >= 15 is 0 Å². The molecule has 0 saturated heterocycles. The molecule has 0 fully saturated rings. The van der Waals surface area contributed by atoms with E-state index in [1.165, 1.54) is 39.0 Å². The molecule has 0 aliphatic heterocycles. The Morgan fingerprint density at radius 3 is 2.12 bits per heavy atom. The molecule has 2 aromatic rings. The highest BCUT2D eigenvalue weighted by Gasteiger charge is 2.36. The second kappa shape index (κ2) is 11.5. The lowest BCUT2D eigenvalue weighted by Crippen LogP contribution is -2.34. The zero-order valence-electron chi connectivity index (χ0n) is 22.9. The van der Waals surface area contributed by atoms with Gasteiger partial charge in [-0.3, -0.25) is 0 Å². The molecule has 0 heterocycles. The topological polar surface area (TPSA) is 0 Å². The minimum Gasteiger partial charge on any atom is -0.0984 e. The van der Waals surface area contributed by atoms with Crippen LogP contribution in [0.15, 0.2) is 85.5 Å². The Hall–Kier alpha value is -2.86. The fraction of sp³-hybridized carbons (Fsp3) is 0.353. The van der Waals surface area contributed by atoms with Crippen molar-refractivity contribution in [3.05, 3.63) is 119 Å². The van der Waals surface area contributed by atoms with Crippen molar-refractivity contribution in [2.45, 2.75) is 74.1 Å². The van der Waals surface area contributed by atoms with Crippen LogP contribution in [0.2, 0.25) is 0 Å². The molecule has 0 N–H and O–H groups in total. The number of hydrogen-bond acceptors (Lipinski definition) is 0. The molecule has 34 heavy (non-hydrogen) atoms. The van der Waals surface area contributed by atoms with Gasteiger partial charge in [0.2, 0.25) is 0 Å². The lowest BCUT2D eigenvalue weighted by atomic mass is 9.63. The molecule has 0 amide bonds. The summed E-state index contributed by atoms with van der Waals surface area (Å²) in [7, 11) is 0. The van der Waals surface area contributed by atoms with E-state index in [-0.39, 0.29) is 10.8 Å². The number of rotatable bonds is 8. The predicted molar refractivity (Wildman–Crippen MR) is 154 cm³/mol. The maximum absolute atomic E-state index is 4.05. The first-order valence-electron chi connectivity index (χ1n) is 12.4. The smallest absolute Gasteiger partial charge is 0.00490 e. The summed E-state index contributed by atoms with van der Waals surface area (Å²) in [6.45, 7) is 24.4. The Kier molecular flexibility index (Phi) is 9.28. The van der Waals surface area contributed by atoms with Crippen molar-refractivity contribution >= 4 is 11.1 Å². The Morgan fingerprint density at radius 2 is 1.56 bits per heavy atom. The third-order valence-corrected chi connectivity index (χ3v) is 7.46. The Balaban J connectivity index is 2.53. The third-order valence-electron chi connectivity index (χ3n) is 7.46. The Labute approximate surface area is 209 Å². The number of allylic oxidation sites excluding steroid dienone is 9. The highest BCUT2D eigenvalue weighted by atomic mass is 14.4. The first-order valence-corrected chi connectivity index (χ1v) is 12.4. The quantitative estimate of drug-likeness (QED) is 0.349. The van der Waals surface area contributed by atoms with Crippen LogP contribution >= 0.6 is 0 Å². The summed E-state index contributed by atoms with van der Waals surface area (Å²) in [6, 6.07) is 13.4. The molecule has 0 aliphatic rings. The van der Waals surface area contributed by atoms with Crippen molar-refractivity contribution in [1.29, 1.82) is 0 Å². The summed E-state index contributed by atoms with van der Waals surface area (Å²) >= 11 is 0. The second-order valence-corrected chi connectivity index (χ2v) is 10.8. The molecule has 0 nitrogen and oxygen atoms in total. The largest absolute Gasteiger partial charge is 0.0984 e. The molecule has 0 heteroatoms. The third kappa shape index (κ3) is 6.38. The average Bonchev–Trinajstić information content (AvgIpc) is 2.77. The number of benzene rings is 2. The standard InChI is InChI=1S/C34H44/c1-11-13-20-28(12-2)29-22-23-32(34(9,10)33(6,7)8)31(24-29)27(5)17-14-15-21-30-25(3)18-16-19-26(30)4/h11-20,22-24H,2,21H2,1,3-10H3/b13-11-,15-14-,27-17+,28-20+. The molecule has 0 saturated carbocycles. The van der Waals surface area contributed by atoms with Crippen molar-refractivity contribution in [1.82, 2.24) is 0 Å². The van der Waals surface area contributed by atoms with Gasteiger partial charge in [-0.05, 0) is 95.5 Å². The van der Waals surface area contributed by atoms with Gasteiger partial charge in [0.25, 0.3) is 0 Å². The summed E-state index contributed by atoms with van der Waals surface area (Å²) in [6.07, 6.45) is 15.9. The molecule has 0 spiro atoms. The predicted octanol–water partition coefficient (Wildman–Crippen LogP) is 9.97. The van der Waals surface area contributed by atoms with Crippen LogP contribution in [0.1, 0.15) is 81.8 Å². The van der Waals surface area contributed by atoms with Crippen molar-refractivity contribution < 1.29 is 0 Å². The van der Waals surface area contributed by atoms with E-state index in [4.69, 9.17) is 0 Å². The molecule has 0 atom stereocenters. The van der Waals surface area contributed by atoms with E-state index in [2.05, 4.69) is 129 Å². The Bertz CT molecular complexity index is 1100. The lowest BCUT2D eigenvalue weighted by molar-refractivity contribution is 0.225. The first kappa shape index (κ1) is 27.4. The summed E-state index contributed by atoms with van der Waals surface area (Å²) in [5.74, 6) is 0. The van der Waals surface area contributed by atoms with Crippen molar-refractivity contribution in [3.8, 4) is 0 Å². The zero-order chi connectivity index (χ0) is 25.5. The van der Waals surface area contributed by atoms with Crippen LogP contribution in [0, 0.1) is 19.3 Å². The molecule has 0 bridgehead atoms. The maximum atomic E-state index is 4.05. The average molecular weight is 453 g/mol. The van der Waals surface area contributed by atoms with E-state index in [1.807, 2.05) is 19.1 Å². The van der Waals surface area contributed by atoms with Gasteiger partial charge in [0, 0.05) is 0 Å². The van der Waals surface area contributed by atoms with Gasteiger partial charge < -0.3 is 0 Å². The molecule has 180 valence electrons. The van der Waals surface area contributed by atoms with Crippen molar-refractivity contribution in [2.75, 3.05) is 0 Å². The van der Waals surface area contributed by atoms with Crippen molar-refractivity contribution in [2.24, 2.45) is 5.41 Å². The molecule has 0 radical (unpaired) electrons. The molecular weight excluding hydrogens is 408 g/mol. The molecule has 0 aliphatic carbocycles. The lowest BCUT2D eigenvalue weighted by Gasteiger charge is -2.41. The van der Waals surface area contributed by atoms with Gasteiger partial charge in [0.15, 0.2) is 0 Å². The summed E-state index contributed by atoms with van der Waals surface area (Å²) in [4.78, 5) is 0. The molecule has 0 unspecified atom stereocenters. The van der Waals surface area contributed by atoms with Crippen molar-refractivity contribution in [3.63, 3.8) is 0 Å². The van der Waals surface area contributed by atoms with Crippen LogP contribution in [0.3, 0.4) is 0 Å². The molecule has 2 aromatic carbocycles. The molecule has 0 aromatic heterocycles. The Morgan fingerprint density at radius 1 is 0.912 bits per heavy atom. The van der Waals surface area contributed by atoms with Gasteiger partial charge >= 0.3 is 0 Å². The van der Waals surface area contributed by atoms with E-state index in [1.54, 1.807) is 0 Å². The van der Waals surface area contributed by atoms with E-state index in [9.17, 15) is 0 Å². The van der Waals surface area contributed by atoms with Crippen LogP contribution in [-0.2, 0) is 11.8 Å². The minimum atomic E-state index is 0.0132. The normalized spacial score (nSPS) is 13.8. The monoisotopic (exact) mass is 452 g/mol. The van der Waals surface area contributed by atoms with Gasteiger partial charge in [-0.15, -0.1) is 0 Å². The van der Waals surface area contributed by atoms with E-state index < -0.39 is 0 Å². The van der Waals surface area contributed by atoms with Crippen LogP contribution in [-0.4, -0.2) is 0 Å². The van der Waals surface area contributed by atoms with Gasteiger partial charge in [-0.2, -0.15) is 0 Å². The van der Waals surface area contributed by atoms with Crippen LogP contribution in [0.25, 0.3) is 11.1 Å². The summed E-state index contributed by atoms with van der Waals surface area (Å²) < 4.78 is 0. The fourth-order valence-electron chi connectivity index (χ4n) is 4.14. The highest BCUT2D eigenvalue weighted by Crippen LogP contribution is 2.44. The van der Waals surface area contributed by atoms with Crippen LogP contribution in [0.5, 0.6) is 0 Å². The van der Waals surface area contributed by atoms with Gasteiger partial charge in [-0.25, -0.2) is 0 Å². The molecule has 2 rings (SSSR count). The zero-order valence-corrected chi connectivity index (χ0v) is 22.9. The summed E-state index contributed by atoms with van der Waals surface area (Å²) in [5, 5.41) is 0. The van der Waals surface area contributed by atoms with Crippen LogP contribution in [0.4, 0.5) is 0 Å². The van der Waals surface area contributed by atoms with Gasteiger partial charge in [0.1, 0.15) is 0 Å². The molecular formula is C34H44. The number of hydrogen-bond donors (Lipinski definition) is 0. The van der Waals surface area contributed by atoms with E-state index in [0.717, 1.165) is 12.0 Å². The fourth-order valence-corrected chi connectivity index (χ4v) is 4.14. The first-order chi connectivity index (χ1) is 15.9. The SMILES string of the molecule is C=C/C(=C\C=C/C)c1ccc(C(C)(C)C(C)(C)C)c(/C(C)=C/C=C\Cc2c(C)cccc2C)c1. The maximum Gasteiger partial charge on any atom is -0.00490 e. The van der Waals surface area contributed by atoms with E-state index in [0.29, 0.717) is 0 Å². The highest BCUT2D eigenvalue weighted by molar-refractivity contribution is 5.79. The number of aryl methyl sites for hydroxylation is 2. The van der Waals surface area contributed by atoms with Crippen LogP contribution < -0.4 is 0 Å². The van der Waals surface area contributed by atoms with Gasteiger partial charge in [0.05, 0.1) is 0 Å². The summed E-state index contributed by atoms with van der Waals surface area (Å²) in [5.41, 5.74) is 10.6. The minimum absolute atomic E-state index is 0.0132.